The Kier molecular flexibility index (Phi) is 2.88. The van der Waals surface area contributed by atoms with E-state index in [2.05, 4.69) is 20.4 Å². The van der Waals surface area contributed by atoms with E-state index >= 15 is 0 Å². The molecule has 1 N–H and O–H groups in total. The van der Waals surface area contributed by atoms with Gasteiger partial charge in [-0.3, -0.25) is 0 Å². The lowest BCUT2D eigenvalue weighted by molar-refractivity contribution is 0.166. The Morgan fingerprint density at radius 1 is 1.44 bits per heavy atom. The van der Waals surface area contributed by atoms with E-state index in [1.165, 1.54) is 45.2 Å². The molecule has 1 aromatic rings. The van der Waals surface area contributed by atoms with Gasteiger partial charge in [0.05, 0.1) is 6.54 Å². The highest BCUT2D eigenvalue weighted by Crippen LogP contribution is 2.26. The number of rotatable bonds is 3. The maximum Gasteiger partial charge on any atom is 0.213 e. The molecule has 88 valence electrons. The number of nitrogens with zero attached hydrogens (tertiary/aromatic N) is 3. The molecule has 2 aliphatic heterocycles. The summed E-state index contributed by atoms with van der Waals surface area (Å²) in [7, 11) is 0. The molecule has 0 bridgehead atoms. The van der Waals surface area contributed by atoms with Crippen molar-refractivity contribution in [3.05, 3.63) is 12.2 Å². The second-order valence-corrected chi connectivity index (χ2v) is 4.78. The lowest BCUT2D eigenvalue weighted by Gasteiger charge is -2.35. The lowest BCUT2D eigenvalue weighted by Crippen LogP contribution is -2.45. The van der Waals surface area contributed by atoms with Gasteiger partial charge in [-0.25, -0.2) is 0 Å². The Labute approximate surface area is 95.2 Å². The molecule has 0 aromatic carbocycles. The molecule has 0 aliphatic carbocycles. The number of aromatic nitrogens is 2. The van der Waals surface area contributed by atoms with Crippen molar-refractivity contribution in [1.29, 1.82) is 0 Å². The molecule has 3 heterocycles. The van der Waals surface area contributed by atoms with Gasteiger partial charge in [-0.1, -0.05) is 5.16 Å². The van der Waals surface area contributed by atoms with Crippen LogP contribution in [-0.4, -0.2) is 40.2 Å². The average molecular weight is 222 g/mol. The summed E-state index contributed by atoms with van der Waals surface area (Å²) in [6, 6.07) is 1.44. The van der Waals surface area contributed by atoms with Gasteiger partial charge in [0.2, 0.25) is 6.39 Å². The SMILES string of the molecule is c1nc(CNC2CCN3CCCC3C2)no1. The highest BCUT2D eigenvalue weighted by atomic mass is 16.5. The summed E-state index contributed by atoms with van der Waals surface area (Å²) in [5, 5.41) is 7.33. The quantitative estimate of drug-likeness (QED) is 0.819. The monoisotopic (exact) mass is 222 g/mol. The molecular formula is C11H18N4O. The lowest BCUT2D eigenvalue weighted by atomic mass is 9.98. The van der Waals surface area contributed by atoms with Crippen LogP contribution < -0.4 is 5.32 Å². The predicted molar refractivity (Wildman–Crippen MR) is 58.8 cm³/mol. The zero-order chi connectivity index (χ0) is 10.8. The van der Waals surface area contributed by atoms with Gasteiger partial charge in [0, 0.05) is 12.1 Å². The van der Waals surface area contributed by atoms with E-state index in [1.807, 2.05) is 0 Å². The maximum absolute atomic E-state index is 4.71. The minimum atomic E-state index is 0.623. The Bertz CT molecular complexity index is 327. The van der Waals surface area contributed by atoms with Crippen LogP contribution in [0, 0.1) is 0 Å². The summed E-state index contributed by atoms with van der Waals surface area (Å²) in [5.74, 6) is 0.758. The summed E-state index contributed by atoms with van der Waals surface area (Å²) in [6.45, 7) is 3.28. The fourth-order valence-electron chi connectivity index (χ4n) is 2.92. The molecule has 0 saturated carbocycles. The highest BCUT2D eigenvalue weighted by Gasteiger charge is 2.31. The predicted octanol–water partition coefficient (Wildman–Crippen LogP) is 0.786. The van der Waals surface area contributed by atoms with Gasteiger partial charge < -0.3 is 14.7 Å². The van der Waals surface area contributed by atoms with Crippen LogP contribution in [0.3, 0.4) is 0 Å². The Morgan fingerprint density at radius 2 is 2.44 bits per heavy atom. The van der Waals surface area contributed by atoms with E-state index in [0.29, 0.717) is 6.04 Å². The minimum Gasteiger partial charge on any atom is -0.343 e. The van der Waals surface area contributed by atoms with Crippen LogP contribution in [0.2, 0.25) is 0 Å². The summed E-state index contributed by atoms with van der Waals surface area (Å²) < 4.78 is 4.71. The van der Waals surface area contributed by atoms with Crippen molar-refractivity contribution in [2.75, 3.05) is 13.1 Å². The molecule has 0 spiro atoms. The highest BCUT2D eigenvalue weighted by molar-refractivity contribution is 4.90. The maximum atomic E-state index is 4.71. The normalized spacial score (nSPS) is 30.5. The van der Waals surface area contributed by atoms with Crippen molar-refractivity contribution in [2.45, 2.75) is 44.3 Å². The largest absolute Gasteiger partial charge is 0.343 e. The molecular weight excluding hydrogens is 204 g/mol. The third kappa shape index (κ3) is 2.10. The van der Waals surface area contributed by atoms with Crippen molar-refractivity contribution in [1.82, 2.24) is 20.4 Å². The van der Waals surface area contributed by atoms with Crippen molar-refractivity contribution in [3.63, 3.8) is 0 Å². The van der Waals surface area contributed by atoms with Gasteiger partial charge in [0.15, 0.2) is 5.82 Å². The van der Waals surface area contributed by atoms with Crippen LogP contribution in [0.15, 0.2) is 10.9 Å². The minimum absolute atomic E-state index is 0.623. The van der Waals surface area contributed by atoms with Gasteiger partial charge in [-0.05, 0) is 38.8 Å². The van der Waals surface area contributed by atoms with E-state index in [9.17, 15) is 0 Å². The first-order chi connectivity index (χ1) is 7.92. The third-order valence-electron chi connectivity index (χ3n) is 3.78. The second kappa shape index (κ2) is 4.51. The van der Waals surface area contributed by atoms with Crippen LogP contribution in [0.5, 0.6) is 0 Å². The van der Waals surface area contributed by atoms with Crippen molar-refractivity contribution < 1.29 is 4.52 Å². The number of fused-ring (bicyclic) bond motifs is 1. The smallest absolute Gasteiger partial charge is 0.213 e. The van der Waals surface area contributed by atoms with Gasteiger partial charge in [-0.2, -0.15) is 4.98 Å². The first kappa shape index (κ1) is 10.2. The molecule has 2 fully saturated rings. The van der Waals surface area contributed by atoms with E-state index < -0.39 is 0 Å². The Balaban J connectivity index is 1.49. The fourth-order valence-corrected chi connectivity index (χ4v) is 2.92. The number of nitrogens with one attached hydrogen (secondary N) is 1. The molecule has 5 heteroatoms. The van der Waals surface area contributed by atoms with Gasteiger partial charge in [0.25, 0.3) is 0 Å². The van der Waals surface area contributed by atoms with Gasteiger partial charge >= 0.3 is 0 Å². The molecule has 1 aromatic heterocycles. The Morgan fingerprint density at radius 3 is 3.31 bits per heavy atom. The standard InChI is InChI=1S/C11H18N4O/c1-2-10-6-9(3-5-15(10)4-1)12-7-11-13-8-16-14-11/h8-10,12H,1-7H2. The molecule has 3 rings (SSSR count). The zero-order valence-corrected chi connectivity index (χ0v) is 9.43. The zero-order valence-electron chi connectivity index (χ0n) is 9.43. The van der Waals surface area contributed by atoms with Crippen LogP contribution in [-0.2, 0) is 6.54 Å². The summed E-state index contributed by atoms with van der Waals surface area (Å²) >= 11 is 0. The topological polar surface area (TPSA) is 54.2 Å². The summed E-state index contributed by atoms with van der Waals surface area (Å²) in [6.07, 6.45) is 6.66. The molecule has 0 radical (unpaired) electrons. The number of hydrogen-bond donors (Lipinski definition) is 1. The molecule has 2 saturated heterocycles. The molecule has 0 amide bonds. The van der Waals surface area contributed by atoms with Crippen LogP contribution >= 0.6 is 0 Å². The van der Waals surface area contributed by atoms with E-state index in [0.717, 1.165) is 18.4 Å². The first-order valence-corrected chi connectivity index (χ1v) is 6.14. The van der Waals surface area contributed by atoms with Gasteiger partial charge in [-0.15, -0.1) is 0 Å². The van der Waals surface area contributed by atoms with Crippen LogP contribution in [0.25, 0.3) is 0 Å². The number of hydrogen-bond acceptors (Lipinski definition) is 5. The number of piperidine rings is 1. The molecule has 2 unspecified atom stereocenters. The molecule has 2 atom stereocenters. The second-order valence-electron chi connectivity index (χ2n) is 4.78. The van der Waals surface area contributed by atoms with Crippen molar-refractivity contribution in [3.8, 4) is 0 Å². The molecule has 5 nitrogen and oxygen atoms in total. The van der Waals surface area contributed by atoms with Crippen molar-refractivity contribution >= 4 is 0 Å². The van der Waals surface area contributed by atoms with E-state index in [-0.39, 0.29) is 0 Å². The molecule has 16 heavy (non-hydrogen) atoms. The average Bonchev–Trinajstić information content (AvgIpc) is 2.97. The first-order valence-electron chi connectivity index (χ1n) is 6.14. The van der Waals surface area contributed by atoms with E-state index in [1.54, 1.807) is 0 Å². The third-order valence-corrected chi connectivity index (χ3v) is 3.78. The van der Waals surface area contributed by atoms with E-state index in [4.69, 9.17) is 4.52 Å². The Hall–Kier alpha value is -0.940. The fraction of sp³-hybridized carbons (Fsp3) is 0.818. The van der Waals surface area contributed by atoms with Crippen molar-refractivity contribution in [2.24, 2.45) is 0 Å². The molecule has 2 aliphatic rings. The van der Waals surface area contributed by atoms with Crippen LogP contribution in [0.1, 0.15) is 31.5 Å². The summed E-state index contributed by atoms with van der Waals surface area (Å²) in [5.41, 5.74) is 0. The van der Waals surface area contributed by atoms with Gasteiger partial charge in [0.1, 0.15) is 0 Å². The van der Waals surface area contributed by atoms with Crippen LogP contribution in [0.4, 0.5) is 0 Å². The summed E-state index contributed by atoms with van der Waals surface area (Å²) in [4.78, 5) is 6.65.